The number of pyridine rings is 1. The number of para-hydroxylation sites is 1. The molecule has 4 aromatic rings. The summed E-state index contributed by atoms with van der Waals surface area (Å²) < 4.78 is 8.32. The largest absolute Gasteiger partial charge is 0.487 e. The van der Waals surface area contributed by atoms with Crippen LogP contribution in [-0.2, 0) is 35.6 Å². The quantitative estimate of drug-likeness (QED) is 0.167. The van der Waals surface area contributed by atoms with Crippen LogP contribution < -0.4 is 4.74 Å². The number of aromatic nitrogens is 2. The molecule has 2 aromatic carbocycles. The standard InChI is InChI=1S/C32H36N2O4/c1-6-17-34-28-14-13-24(38-20-23-12-11-22-9-7-8-10-27(22)33-23)18-26(28)25(15-16-31(2,3)21-35)29(34)19-32(4,5)30(36)37/h6-14,18,21H,1,15-17,19-20H2,2-5H3,(H,36,37). The van der Waals surface area contributed by atoms with E-state index in [0.717, 1.165) is 45.0 Å². The Morgan fingerprint density at radius 2 is 1.87 bits per heavy atom. The fourth-order valence-electron chi connectivity index (χ4n) is 4.71. The summed E-state index contributed by atoms with van der Waals surface area (Å²) in [7, 11) is 0. The molecular weight excluding hydrogens is 476 g/mol. The smallest absolute Gasteiger partial charge is 0.309 e. The lowest BCUT2D eigenvalue weighted by atomic mass is 9.83. The van der Waals surface area contributed by atoms with Crippen molar-refractivity contribution in [3.05, 3.63) is 84.2 Å². The van der Waals surface area contributed by atoms with Crippen molar-refractivity contribution >= 4 is 34.1 Å². The highest BCUT2D eigenvalue weighted by Crippen LogP contribution is 2.36. The van der Waals surface area contributed by atoms with E-state index in [4.69, 9.17) is 9.72 Å². The molecule has 0 aliphatic rings. The van der Waals surface area contributed by atoms with Crippen LogP contribution in [0.4, 0.5) is 0 Å². The maximum atomic E-state index is 12.0. The lowest BCUT2D eigenvalue weighted by molar-refractivity contribution is -0.146. The molecule has 198 valence electrons. The van der Waals surface area contributed by atoms with E-state index in [1.54, 1.807) is 13.8 Å². The average molecular weight is 513 g/mol. The number of aldehydes is 1. The Kier molecular flexibility index (Phi) is 7.72. The number of hydrogen-bond donors (Lipinski definition) is 1. The van der Waals surface area contributed by atoms with Gasteiger partial charge in [0.05, 0.1) is 16.6 Å². The van der Waals surface area contributed by atoms with Crippen molar-refractivity contribution in [1.82, 2.24) is 9.55 Å². The zero-order valence-corrected chi connectivity index (χ0v) is 22.7. The van der Waals surface area contributed by atoms with Crippen molar-refractivity contribution < 1.29 is 19.4 Å². The van der Waals surface area contributed by atoms with E-state index in [9.17, 15) is 14.7 Å². The SMILES string of the molecule is C=CCn1c(CC(C)(C)C(=O)O)c(CCC(C)(C)C=O)c2cc(OCc3ccc4ccccc4n3)ccc21. The van der Waals surface area contributed by atoms with Crippen LogP contribution in [0.1, 0.15) is 51.1 Å². The zero-order chi connectivity index (χ0) is 27.5. The lowest BCUT2D eigenvalue weighted by Crippen LogP contribution is -2.28. The second-order valence-corrected chi connectivity index (χ2v) is 11.3. The molecule has 0 spiro atoms. The third-order valence-corrected chi connectivity index (χ3v) is 7.14. The first-order valence-corrected chi connectivity index (χ1v) is 13.0. The second-order valence-electron chi connectivity index (χ2n) is 11.3. The number of fused-ring (bicyclic) bond motifs is 2. The van der Waals surface area contributed by atoms with Crippen LogP contribution in [0.2, 0.25) is 0 Å². The van der Waals surface area contributed by atoms with Gasteiger partial charge in [-0.2, -0.15) is 0 Å². The van der Waals surface area contributed by atoms with E-state index in [1.807, 2.05) is 74.5 Å². The second kappa shape index (κ2) is 10.8. The van der Waals surface area contributed by atoms with Gasteiger partial charge in [0.25, 0.3) is 0 Å². The third-order valence-electron chi connectivity index (χ3n) is 7.14. The number of carbonyl (C=O) groups excluding carboxylic acids is 1. The molecule has 38 heavy (non-hydrogen) atoms. The van der Waals surface area contributed by atoms with E-state index < -0.39 is 16.8 Å². The van der Waals surface area contributed by atoms with Crippen molar-refractivity contribution in [2.24, 2.45) is 10.8 Å². The molecule has 0 atom stereocenters. The summed E-state index contributed by atoms with van der Waals surface area (Å²) in [5.41, 5.74) is 3.34. The van der Waals surface area contributed by atoms with Crippen molar-refractivity contribution in [2.75, 3.05) is 0 Å². The molecular formula is C32H36N2O4. The zero-order valence-electron chi connectivity index (χ0n) is 22.7. The minimum absolute atomic E-state index is 0.329. The van der Waals surface area contributed by atoms with E-state index in [1.165, 1.54) is 0 Å². The Morgan fingerprint density at radius 3 is 2.58 bits per heavy atom. The minimum atomic E-state index is -0.955. The monoisotopic (exact) mass is 512 g/mol. The van der Waals surface area contributed by atoms with Crippen LogP contribution in [0.3, 0.4) is 0 Å². The molecule has 0 bridgehead atoms. The first-order valence-electron chi connectivity index (χ1n) is 13.0. The Hall–Kier alpha value is -3.93. The van der Waals surface area contributed by atoms with Gasteiger partial charge in [0.2, 0.25) is 0 Å². The molecule has 2 heterocycles. The number of nitrogens with zero attached hydrogens (tertiary/aromatic N) is 2. The number of ether oxygens (including phenoxy) is 1. The van der Waals surface area contributed by atoms with Gasteiger partial charge in [0.15, 0.2) is 0 Å². The molecule has 1 N–H and O–H groups in total. The van der Waals surface area contributed by atoms with Crippen molar-refractivity contribution in [2.45, 2.75) is 60.1 Å². The average Bonchev–Trinajstić information content (AvgIpc) is 3.17. The molecule has 0 aliphatic heterocycles. The molecule has 0 unspecified atom stereocenters. The van der Waals surface area contributed by atoms with Gasteiger partial charge < -0.3 is 19.2 Å². The molecule has 4 rings (SSSR count). The summed E-state index contributed by atoms with van der Waals surface area (Å²) in [5.74, 6) is -0.137. The van der Waals surface area contributed by atoms with Crippen molar-refractivity contribution in [1.29, 1.82) is 0 Å². The van der Waals surface area contributed by atoms with Crippen molar-refractivity contribution in [3.63, 3.8) is 0 Å². The highest BCUT2D eigenvalue weighted by Gasteiger charge is 2.31. The first-order chi connectivity index (χ1) is 18.0. The molecule has 0 saturated heterocycles. The Bertz CT molecular complexity index is 1500. The number of carboxylic acid groups (broad SMARTS) is 1. The maximum absolute atomic E-state index is 12.0. The van der Waals surface area contributed by atoms with Gasteiger partial charge in [-0.1, -0.05) is 44.2 Å². The van der Waals surface area contributed by atoms with Crippen LogP contribution in [0.25, 0.3) is 21.8 Å². The number of aryl methyl sites for hydroxylation is 1. The Balaban J connectivity index is 1.74. The van der Waals surface area contributed by atoms with Gasteiger partial charge in [-0.15, -0.1) is 6.58 Å². The molecule has 0 fully saturated rings. The highest BCUT2D eigenvalue weighted by molar-refractivity contribution is 5.88. The van der Waals surface area contributed by atoms with Gasteiger partial charge in [0, 0.05) is 40.4 Å². The first kappa shape index (κ1) is 27.1. The molecule has 0 saturated carbocycles. The third kappa shape index (κ3) is 5.80. The van der Waals surface area contributed by atoms with Gasteiger partial charge in [-0.05, 0) is 62.6 Å². The number of carbonyl (C=O) groups is 2. The van der Waals surface area contributed by atoms with Gasteiger partial charge in [-0.25, -0.2) is 4.98 Å². The molecule has 6 heteroatoms. The van der Waals surface area contributed by atoms with Crippen LogP contribution in [0.5, 0.6) is 5.75 Å². The summed E-state index contributed by atoms with van der Waals surface area (Å²) in [6.07, 6.45) is 4.47. The summed E-state index contributed by atoms with van der Waals surface area (Å²) in [6.45, 7) is 12.2. The summed E-state index contributed by atoms with van der Waals surface area (Å²) >= 11 is 0. The topological polar surface area (TPSA) is 81.4 Å². The summed E-state index contributed by atoms with van der Waals surface area (Å²) in [4.78, 5) is 28.4. The number of benzene rings is 2. The highest BCUT2D eigenvalue weighted by atomic mass is 16.5. The number of rotatable bonds is 12. The van der Waals surface area contributed by atoms with E-state index >= 15 is 0 Å². The van der Waals surface area contributed by atoms with Crippen LogP contribution in [0.15, 0.2) is 67.3 Å². The number of aliphatic carboxylic acids is 1. The molecule has 6 nitrogen and oxygen atoms in total. The summed E-state index contributed by atoms with van der Waals surface area (Å²) in [6, 6.07) is 18.0. The predicted molar refractivity (Wildman–Crippen MR) is 151 cm³/mol. The van der Waals surface area contributed by atoms with Crippen LogP contribution in [0, 0.1) is 10.8 Å². The Morgan fingerprint density at radius 1 is 1.11 bits per heavy atom. The minimum Gasteiger partial charge on any atom is -0.487 e. The van der Waals surface area contributed by atoms with E-state index in [0.29, 0.717) is 38.2 Å². The van der Waals surface area contributed by atoms with Gasteiger partial charge in [-0.3, -0.25) is 4.79 Å². The van der Waals surface area contributed by atoms with Crippen LogP contribution in [-0.4, -0.2) is 26.9 Å². The van der Waals surface area contributed by atoms with E-state index in [-0.39, 0.29) is 0 Å². The molecule has 0 radical (unpaired) electrons. The van der Waals surface area contributed by atoms with Gasteiger partial charge >= 0.3 is 5.97 Å². The lowest BCUT2D eigenvalue weighted by Gasteiger charge is -2.22. The number of hydrogen-bond acceptors (Lipinski definition) is 4. The molecule has 0 aliphatic carbocycles. The van der Waals surface area contributed by atoms with Gasteiger partial charge in [0.1, 0.15) is 18.6 Å². The predicted octanol–water partition coefficient (Wildman–Crippen LogP) is 6.77. The maximum Gasteiger partial charge on any atom is 0.309 e. The molecule has 2 aromatic heterocycles. The summed E-state index contributed by atoms with van der Waals surface area (Å²) in [5, 5.41) is 12.0. The normalized spacial score (nSPS) is 12.1. The number of carboxylic acids is 1. The fraction of sp³-hybridized carbons (Fsp3) is 0.344. The van der Waals surface area contributed by atoms with Crippen molar-refractivity contribution in [3.8, 4) is 5.75 Å². The van der Waals surface area contributed by atoms with Crippen LogP contribution >= 0.6 is 0 Å². The number of allylic oxidation sites excluding steroid dienone is 1. The molecule has 0 amide bonds. The fourth-order valence-corrected chi connectivity index (χ4v) is 4.71. The Labute approximate surface area is 224 Å². The van der Waals surface area contributed by atoms with E-state index in [2.05, 4.69) is 11.1 Å².